The van der Waals surface area contributed by atoms with Crippen molar-refractivity contribution in [3.05, 3.63) is 53.1 Å². The van der Waals surface area contributed by atoms with Crippen LogP contribution >= 0.6 is 0 Å². The van der Waals surface area contributed by atoms with E-state index in [1.54, 1.807) is 31.4 Å². The standard InChI is InChI=1S/C26H36N2O5S/c1-17(2)23-15-24(18(3)14-25(23)33-6)19(4)27-26(29)20-8-7-13-28(16-20)34(30,31)22-11-9-21(32-5)10-12-22/h9-12,14-15,17,19-20H,7-8,13,16H2,1-6H3,(H,27,29). The number of piperidine rings is 1. The van der Waals surface area contributed by atoms with Gasteiger partial charge in [-0.1, -0.05) is 13.8 Å². The van der Waals surface area contributed by atoms with Gasteiger partial charge < -0.3 is 14.8 Å². The van der Waals surface area contributed by atoms with Crippen LogP contribution in [0, 0.1) is 12.8 Å². The fourth-order valence-electron chi connectivity index (χ4n) is 4.49. The Morgan fingerprint density at radius 3 is 2.32 bits per heavy atom. The van der Waals surface area contributed by atoms with Gasteiger partial charge in [-0.05, 0) is 85.7 Å². The Morgan fingerprint density at radius 1 is 1.06 bits per heavy atom. The average molecular weight is 489 g/mol. The summed E-state index contributed by atoms with van der Waals surface area (Å²) in [4.78, 5) is 13.4. The molecule has 2 unspecified atom stereocenters. The Balaban J connectivity index is 1.73. The van der Waals surface area contributed by atoms with E-state index in [0.29, 0.717) is 25.1 Å². The molecule has 0 aliphatic carbocycles. The second kappa shape index (κ2) is 10.8. The molecule has 8 heteroatoms. The Kier molecular flexibility index (Phi) is 8.25. The van der Waals surface area contributed by atoms with Gasteiger partial charge in [0, 0.05) is 13.1 Å². The van der Waals surface area contributed by atoms with E-state index in [1.165, 1.54) is 11.4 Å². The molecule has 7 nitrogen and oxygen atoms in total. The predicted octanol–water partition coefficient (Wildman–Crippen LogP) is 4.41. The molecule has 0 radical (unpaired) electrons. The van der Waals surface area contributed by atoms with Crippen molar-refractivity contribution in [1.82, 2.24) is 9.62 Å². The van der Waals surface area contributed by atoms with E-state index in [9.17, 15) is 13.2 Å². The van der Waals surface area contributed by atoms with Crippen LogP contribution in [-0.4, -0.2) is 45.9 Å². The van der Waals surface area contributed by atoms with Gasteiger partial charge in [-0.3, -0.25) is 4.79 Å². The number of benzene rings is 2. The number of carbonyl (C=O) groups is 1. The number of carbonyl (C=O) groups excluding carboxylic acids is 1. The molecule has 2 atom stereocenters. The molecule has 34 heavy (non-hydrogen) atoms. The van der Waals surface area contributed by atoms with Gasteiger partial charge in [-0.25, -0.2) is 8.42 Å². The summed E-state index contributed by atoms with van der Waals surface area (Å²) in [7, 11) is -0.476. The van der Waals surface area contributed by atoms with E-state index < -0.39 is 15.9 Å². The highest BCUT2D eigenvalue weighted by atomic mass is 32.2. The first kappa shape index (κ1) is 26.0. The topological polar surface area (TPSA) is 84.9 Å². The maximum atomic E-state index is 13.2. The first-order valence-corrected chi connectivity index (χ1v) is 13.2. The molecule has 1 aliphatic rings. The highest BCUT2D eigenvalue weighted by molar-refractivity contribution is 7.89. The highest BCUT2D eigenvalue weighted by Gasteiger charge is 2.34. The van der Waals surface area contributed by atoms with Gasteiger partial charge in [0.1, 0.15) is 11.5 Å². The number of aryl methyl sites for hydroxylation is 1. The monoisotopic (exact) mass is 488 g/mol. The van der Waals surface area contributed by atoms with Gasteiger partial charge in [0.05, 0.1) is 31.1 Å². The van der Waals surface area contributed by atoms with Crippen LogP contribution in [0.4, 0.5) is 0 Å². The molecule has 0 bridgehead atoms. The van der Waals surface area contributed by atoms with Gasteiger partial charge in [-0.2, -0.15) is 4.31 Å². The second-order valence-corrected chi connectivity index (χ2v) is 11.2. The molecule has 1 N–H and O–H groups in total. The van der Waals surface area contributed by atoms with Crippen molar-refractivity contribution in [2.24, 2.45) is 5.92 Å². The Bertz CT molecular complexity index is 1110. The van der Waals surface area contributed by atoms with E-state index in [2.05, 4.69) is 25.2 Å². The minimum Gasteiger partial charge on any atom is -0.497 e. The molecule has 1 aliphatic heterocycles. The van der Waals surface area contributed by atoms with Crippen LogP contribution in [0.15, 0.2) is 41.3 Å². The van der Waals surface area contributed by atoms with Crippen LogP contribution < -0.4 is 14.8 Å². The summed E-state index contributed by atoms with van der Waals surface area (Å²) in [5, 5.41) is 3.12. The molecule has 2 aromatic carbocycles. The lowest BCUT2D eigenvalue weighted by Crippen LogP contribution is -2.45. The number of amides is 1. The predicted molar refractivity (Wildman–Crippen MR) is 133 cm³/mol. The molecular formula is C26H36N2O5S. The lowest BCUT2D eigenvalue weighted by molar-refractivity contribution is -0.126. The SMILES string of the molecule is COc1ccc(S(=O)(=O)N2CCCC(C(=O)NC(C)c3cc(C(C)C)c(OC)cc3C)C2)cc1. The van der Waals surface area contributed by atoms with Crippen molar-refractivity contribution in [2.75, 3.05) is 27.3 Å². The molecule has 1 saturated heterocycles. The minimum absolute atomic E-state index is 0.122. The van der Waals surface area contributed by atoms with E-state index in [-0.39, 0.29) is 29.3 Å². The molecule has 1 fully saturated rings. The third kappa shape index (κ3) is 5.55. The van der Waals surface area contributed by atoms with Gasteiger partial charge in [0.15, 0.2) is 0 Å². The van der Waals surface area contributed by atoms with Gasteiger partial charge in [-0.15, -0.1) is 0 Å². The molecular weight excluding hydrogens is 452 g/mol. The summed E-state index contributed by atoms with van der Waals surface area (Å²) >= 11 is 0. The lowest BCUT2D eigenvalue weighted by Gasteiger charge is -2.32. The highest BCUT2D eigenvalue weighted by Crippen LogP contribution is 2.32. The van der Waals surface area contributed by atoms with E-state index >= 15 is 0 Å². The van der Waals surface area contributed by atoms with Gasteiger partial charge in [0.25, 0.3) is 0 Å². The summed E-state index contributed by atoms with van der Waals surface area (Å²) in [6.07, 6.45) is 1.30. The minimum atomic E-state index is -3.68. The average Bonchev–Trinajstić information content (AvgIpc) is 2.83. The van der Waals surface area contributed by atoms with E-state index in [4.69, 9.17) is 9.47 Å². The van der Waals surface area contributed by atoms with Crippen molar-refractivity contribution in [1.29, 1.82) is 0 Å². The van der Waals surface area contributed by atoms with Crippen LogP contribution in [0.1, 0.15) is 62.3 Å². The Morgan fingerprint density at radius 2 is 1.74 bits per heavy atom. The molecule has 1 amide bonds. The first-order chi connectivity index (χ1) is 16.1. The smallest absolute Gasteiger partial charge is 0.243 e. The molecule has 2 aromatic rings. The fraction of sp³-hybridized carbons (Fsp3) is 0.500. The van der Waals surface area contributed by atoms with Crippen LogP contribution in [0.5, 0.6) is 11.5 Å². The van der Waals surface area contributed by atoms with E-state index in [1.807, 2.05) is 19.9 Å². The lowest BCUT2D eigenvalue weighted by atomic mass is 9.92. The van der Waals surface area contributed by atoms with Crippen LogP contribution in [-0.2, 0) is 14.8 Å². The first-order valence-electron chi connectivity index (χ1n) is 11.7. The number of ether oxygens (including phenoxy) is 2. The van der Waals surface area contributed by atoms with Gasteiger partial charge >= 0.3 is 0 Å². The molecule has 3 rings (SSSR count). The quantitative estimate of drug-likeness (QED) is 0.595. The summed E-state index contributed by atoms with van der Waals surface area (Å²) < 4.78 is 38.4. The zero-order valence-corrected chi connectivity index (χ0v) is 21.7. The number of hydrogen-bond acceptors (Lipinski definition) is 5. The molecule has 1 heterocycles. The van der Waals surface area contributed by atoms with Crippen molar-refractivity contribution in [3.63, 3.8) is 0 Å². The summed E-state index contributed by atoms with van der Waals surface area (Å²) in [5.74, 6) is 1.21. The number of methoxy groups -OCH3 is 2. The third-order valence-corrected chi connectivity index (χ3v) is 8.40. The number of rotatable bonds is 8. The maximum Gasteiger partial charge on any atom is 0.243 e. The van der Waals surface area contributed by atoms with Crippen molar-refractivity contribution >= 4 is 15.9 Å². The summed E-state index contributed by atoms with van der Waals surface area (Å²) in [5.41, 5.74) is 3.18. The van der Waals surface area contributed by atoms with Crippen LogP contribution in [0.25, 0.3) is 0 Å². The number of nitrogens with one attached hydrogen (secondary N) is 1. The normalized spacial score (nSPS) is 17.9. The van der Waals surface area contributed by atoms with Crippen LogP contribution in [0.3, 0.4) is 0 Å². The summed E-state index contributed by atoms with van der Waals surface area (Å²) in [6.45, 7) is 8.77. The number of hydrogen-bond donors (Lipinski definition) is 1. The fourth-order valence-corrected chi connectivity index (χ4v) is 6.01. The summed E-state index contributed by atoms with van der Waals surface area (Å²) in [6, 6.07) is 10.3. The largest absolute Gasteiger partial charge is 0.497 e. The van der Waals surface area contributed by atoms with Gasteiger partial charge in [0.2, 0.25) is 15.9 Å². The molecule has 0 spiro atoms. The zero-order chi connectivity index (χ0) is 25.0. The Hall–Kier alpha value is -2.58. The zero-order valence-electron chi connectivity index (χ0n) is 20.9. The van der Waals surface area contributed by atoms with E-state index in [0.717, 1.165) is 22.4 Å². The second-order valence-electron chi connectivity index (χ2n) is 9.21. The number of sulfonamides is 1. The van der Waals surface area contributed by atoms with Crippen molar-refractivity contribution < 1.29 is 22.7 Å². The van der Waals surface area contributed by atoms with Crippen molar-refractivity contribution in [2.45, 2.75) is 57.4 Å². The Labute approximate surface area is 203 Å². The van der Waals surface area contributed by atoms with Crippen LogP contribution in [0.2, 0.25) is 0 Å². The molecule has 0 saturated carbocycles. The maximum absolute atomic E-state index is 13.2. The number of nitrogens with zero attached hydrogens (tertiary/aromatic N) is 1. The molecule has 0 aromatic heterocycles. The van der Waals surface area contributed by atoms with Crippen molar-refractivity contribution in [3.8, 4) is 11.5 Å². The third-order valence-electron chi connectivity index (χ3n) is 6.52. The molecule has 186 valence electrons.